The Morgan fingerprint density at radius 1 is 1.25 bits per heavy atom. The SMILES string of the molecule is CCC[C@@H]1CC2=CN([C@@H]3O[C@H](CO)[C@@H](O)[C@H](O)[C@H]3O)C(=O)N[C@@H]2O1. The first-order valence-corrected chi connectivity index (χ1v) is 8.21. The molecule has 0 bridgehead atoms. The lowest BCUT2D eigenvalue weighted by molar-refractivity contribution is -0.252. The van der Waals surface area contributed by atoms with E-state index in [1.165, 1.54) is 0 Å². The second kappa shape index (κ2) is 6.95. The van der Waals surface area contributed by atoms with Gasteiger partial charge in [0.1, 0.15) is 24.4 Å². The molecule has 2 saturated heterocycles. The molecule has 0 aromatic carbocycles. The van der Waals surface area contributed by atoms with Gasteiger partial charge in [-0.2, -0.15) is 0 Å². The van der Waals surface area contributed by atoms with Crippen molar-refractivity contribution in [2.75, 3.05) is 6.61 Å². The number of rotatable bonds is 4. The Bertz CT molecular complexity index is 512. The van der Waals surface area contributed by atoms with Crippen LogP contribution in [0.25, 0.3) is 0 Å². The van der Waals surface area contributed by atoms with E-state index in [1.807, 2.05) is 0 Å². The van der Waals surface area contributed by atoms with Gasteiger partial charge in [-0.05, 0) is 12.0 Å². The van der Waals surface area contributed by atoms with Crippen LogP contribution < -0.4 is 5.32 Å². The number of aliphatic hydroxyl groups is 4. The molecule has 0 aromatic rings. The van der Waals surface area contributed by atoms with E-state index < -0.39 is 49.5 Å². The Morgan fingerprint density at radius 3 is 2.67 bits per heavy atom. The average Bonchev–Trinajstić information content (AvgIpc) is 2.94. The molecule has 3 aliphatic heterocycles. The van der Waals surface area contributed by atoms with Crippen molar-refractivity contribution in [1.29, 1.82) is 0 Å². The van der Waals surface area contributed by atoms with Crippen LogP contribution in [0.1, 0.15) is 26.2 Å². The van der Waals surface area contributed by atoms with E-state index in [0.717, 1.165) is 23.3 Å². The molecule has 3 heterocycles. The van der Waals surface area contributed by atoms with Crippen LogP contribution in [0, 0.1) is 0 Å². The molecule has 2 amide bonds. The van der Waals surface area contributed by atoms with Crippen LogP contribution in [-0.4, -0.2) is 80.9 Å². The second-order valence-electron chi connectivity index (χ2n) is 6.41. The summed E-state index contributed by atoms with van der Waals surface area (Å²) in [5.74, 6) is 0. The normalized spacial score (nSPS) is 42.5. The average molecular weight is 344 g/mol. The maximum Gasteiger partial charge on any atom is 0.325 e. The van der Waals surface area contributed by atoms with Crippen molar-refractivity contribution in [3.05, 3.63) is 11.8 Å². The predicted molar refractivity (Wildman–Crippen MR) is 80.4 cm³/mol. The Morgan fingerprint density at radius 2 is 2.00 bits per heavy atom. The molecule has 0 aliphatic carbocycles. The molecule has 0 spiro atoms. The Hall–Kier alpha value is -1.23. The summed E-state index contributed by atoms with van der Waals surface area (Å²) in [5.41, 5.74) is 0.852. The predicted octanol–water partition coefficient (Wildman–Crippen LogP) is -1.39. The first-order chi connectivity index (χ1) is 11.5. The minimum atomic E-state index is -1.53. The van der Waals surface area contributed by atoms with Gasteiger partial charge < -0.3 is 35.2 Å². The summed E-state index contributed by atoms with van der Waals surface area (Å²) in [6.07, 6.45) is -3.16. The Labute approximate surface area is 139 Å². The number of carbonyl (C=O) groups excluding carboxylic acids is 1. The van der Waals surface area contributed by atoms with Crippen LogP contribution in [0.3, 0.4) is 0 Å². The zero-order valence-electron chi connectivity index (χ0n) is 13.4. The number of amides is 2. The number of carbonyl (C=O) groups is 1. The van der Waals surface area contributed by atoms with Gasteiger partial charge in [-0.15, -0.1) is 0 Å². The first-order valence-electron chi connectivity index (χ1n) is 8.21. The largest absolute Gasteiger partial charge is 0.394 e. The molecule has 0 radical (unpaired) electrons. The van der Waals surface area contributed by atoms with Gasteiger partial charge in [0.05, 0.1) is 12.7 Å². The first kappa shape index (κ1) is 17.6. The third-order valence-corrected chi connectivity index (χ3v) is 4.67. The zero-order valence-corrected chi connectivity index (χ0v) is 13.4. The number of ether oxygens (including phenoxy) is 2. The van der Waals surface area contributed by atoms with E-state index >= 15 is 0 Å². The van der Waals surface area contributed by atoms with Crippen LogP contribution in [0.2, 0.25) is 0 Å². The number of nitrogens with one attached hydrogen (secondary N) is 1. The summed E-state index contributed by atoms with van der Waals surface area (Å²) in [7, 11) is 0. The fourth-order valence-electron chi connectivity index (χ4n) is 3.36. The van der Waals surface area contributed by atoms with Crippen LogP contribution in [0.15, 0.2) is 11.8 Å². The summed E-state index contributed by atoms with van der Waals surface area (Å²) >= 11 is 0. The highest BCUT2D eigenvalue weighted by molar-refractivity contribution is 5.77. The Balaban J connectivity index is 1.79. The summed E-state index contributed by atoms with van der Waals surface area (Å²) in [6.45, 7) is 1.51. The zero-order chi connectivity index (χ0) is 17.4. The van der Waals surface area contributed by atoms with Gasteiger partial charge in [-0.3, -0.25) is 4.90 Å². The third kappa shape index (κ3) is 3.03. The lowest BCUT2D eigenvalue weighted by atomic mass is 9.97. The Kier molecular flexibility index (Phi) is 5.09. The number of hydrogen-bond donors (Lipinski definition) is 5. The van der Waals surface area contributed by atoms with E-state index in [4.69, 9.17) is 9.47 Å². The molecule has 9 nitrogen and oxygen atoms in total. The topological polar surface area (TPSA) is 132 Å². The van der Waals surface area contributed by atoms with Crippen LogP contribution in [0.4, 0.5) is 4.79 Å². The van der Waals surface area contributed by atoms with Crippen molar-refractivity contribution < 1.29 is 34.7 Å². The standard InChI is InChI=1S/C15H24N2O7/c1-2-3-8-4-7-5-17(15(22)16-13(7)23-8)14-12(21)11(20)10(19)9(6-18)24-14/h5,8-14,18-21H,2-4,6H2,1H3,(H,16,22)/t8-,9-,10-,11+,12-,13-,14-/m1/s1. The van der Waals surface area contributed by atoms with E-state index in [1.54, 1.807) is 6.20 Å². The monoisotopic (exact) mass is 344 g/mol. The number of urea groups is 1. The summed E-state index contributed by atoms with van der Waals surface area (Å²) in [4.78, 5) is 13.5. The molecule has 7 atom stereocenters. The van der Waals surface area contributed by atoms with Crippen molar-refractivity contribution in [2.45, 2.75) is 69.2 Å². The van der Waals surface area contributed by atoms with E-state index in [2.05, 4.69) is 12.2 Å². The molecule has 5 N–H and O–H groups in total. The van der Waals surface area contributed by atoms with Crippen molar-refractivity contribution in [2.24, 2.45) is 0 Å². The van der Waals surface area contributed by atoms with Gasteiger partial charge in [-0.1, -0.05) is 13.3 Å². The highest BCUT2D eigenvalue weighted by atomic mass is 16.6. The fraction of sp³-hybridized carbons (Fsp3) is 0.800. The van der Waals surface area contributed by atoms with Crippen molar-refractivity contribution >= 4 is 6.03 Å². The van der Waals surface area contributed by atoms with Gasteiger partial charge >= 0.3 is 6.03 Å². The minimum Gasteiger partial charge on any atom is -0.394 e. The number of hydrogen-bond acceptors (Lipinski definition) is 7. The summed E-state index contributed by atoms with van der Waals surface area (Å²) in [5, 5.41) is 41.8. The quantitative estimate of drug-likeness (QED) is 0.424. The fourth-order valence-corrected chi connectivity index (χ4v) is 3.36. The maximum absolute atomic E-state index is 12.3. The molecular weight excluding hydrogens is 320 g/mol. The maximum atomic E-state index is 12.3. The van der Waals surface area contributed by atoms with Gasteiger partial charge in [-0.25, -0.2) is 4.79 Å². The van der Waals surface area contributed by atoms with E-state index in [-0.39, 0.29) is 6.10 Å². The molecule has 2 fully saturated rings. The molecule has 9 heteroatoms. The van der Waals surface area contributed by atoms with Crippen LogP contribution in [-0.2, 0) is 9.47 Å². The van der Waals surface area contributed by atoms with Gasteiger partial charge in [0.2, 0.25) is 0 Å². The smallest absolute Gasteiger partial charge is 0.325 e. The van der Waals surface area contributed by atoms with Crippen molar-refractivity contribution in [1.82, 2.24) is 10.2 Å². The summed E-state index contributed by atoms with van der Waals surface area (Å²) in [6, 6.07) is -0.537. The molecule has 136 valence electrons. The molecule has 24 heavy (non-hydrogen) atoms. The molecule has 0 unspecified atom stereocenters. The second-order valence-corrected chi connectivity index (χ2v) is 6.41. The van der Waals surface area contributed by atoms with E-state index in [9.17, 15) is 25.2 Å². The third-order valence-electron chi connectivity index (χ3n) is 4.67. The van der Waals surface area contributed by atoms with Gasteiger partial charge in [0.25, 0.3) is 0 Å². The molecule has 0 aromatic heterocycles. The number of aliphatic hydroxyl groups excluding tert-OH is 4. The lowest BCUT2D eigenvalue weighted by Crippen LogP contribution is -2.65. The highest BCUT2D eigenvalue weighted by Gasteiger charge is 2.48. The number of nitrogens with zero attached hydrogens (tertiary/aromatic N) is 1. The summed E-state index contributed by atoms with van der Waals surface area (Å²) < 4.78 is 11.2. The molecule has 0 saturated carbocycles. The van der Waals surface area contributed by atoms with Crippen LogP contribution in [0.5, 0.6) is 0 Å². The molecular formula is C15H24N2O7. The van der Waals surface area contributed by atoms with Crippen molar-refractivity contribution in [3.63, 3.8) is 0 Å². The van der Waals surface area contributed by atoms with Crippen LogP contribution >= 0.6 is 0 Å². The number of fused-ring (bicyclic) bond motifs is 1. The van der Waals surface area contributed by atoms with Gasteiger partial charge in [0, 0.05) is 12.6 Å². The molecule has 3 rings (SSSR count). The minimum absolute atomic E-state index is 0.0290. The lowest BCUT2D eigenvalue weighted by Gasteiger charge is -2.44. The van der Waals surface area contributed by atoms with E-state index in [0.29, 0.717) is 6.42 Å². The van der Waals surface area contributed by atoms with Crippen molar-refractivity contribution in [3.8, 4) is 0 Å². The highest BCUT2D eigenvalue weighted by Crippen LogP contribution is 2.32. The molecule has 3 aliphatic rings. The van der Waals surface area contributed by atoms with Gasteiger partial charge in [0.15, 0.2) is 12.5 Å².